The van der Waals surface area contributed by atoms with Gasteiger partial charge in [0.05, 0.1) is 32.5 Å². The van der Waals surface area contributed by atoms with E-state index < -0.39 is 140 Å². The van der Waals surface area contributed by atoms with Gasteiger partial charge in [0.25, 0.3) is 0 Å². The van der Waals surface area contributed by atoms with Crippen LogP contribution in [-0.4, -0.2) is 163 Å². The maximum atomic E-state index is 13.8. The number of benzene rings is 2. The summed E-state index contributed by atoms with van der Waals surface area (Å²) < 4.78 is 0. The van der Waals surface area contributed by atoms with Gasteiger partial charge in [0.15, 0.2) is 0 Å². The molecule has 0 saturated carbocycles. The minimum Gasteiger partial charge on any atom is -0.508 e. The Bertz CT molecular complexity index is 2370. The van der Waals surface area contributed by atoms with Crippen molar-refractivity contribution in [3.05, 3.63) is 83.9 Å². The topological polar surface area (TPSA) is 423 Å². The summed E-state index contributed by atoms with van der Waals surface area (Å²) in [5, 5.41) is 67.9. The van der Waals surface area contributed by atoms with Crippen LogP contribution in [0.4, 0.5) is 0 Å². The number of amides is 8. The number of aliphatic hydroxyl groups excluding tert-OH is 2. The zero-order valence-corrected chi connectivity index (χ0v) is 41.3. The van der Waals surface area contributed by atoms with E-state index in [-0.39, 0.29) is 37.4 Å². The van der Waals surface area contributed by atoms with Gasteiger partial charge >= 0.3 is 11.9 Å². The van der Waals surface area contributed by atoms with Crippen molar-refractivity contribution in [3.8, 4) is 5.75 Å². The van der Waals surface area contributed by atoms with Crippen LogP contribution in [0.25, 0.3) is 0 Å². The van der Waals surface area contributed by atoms with Gasteiger partial charge in [-0.25, -0.2) is 9.78 Å². The first-order valence-electron chi connectivity index (χ1n) is 23.7. The zero-order chi connectivity index (χ0) is 55.1. The predicted octanol–water partition coefficient (Wildman–Crippen LogP) is -3.38. The number of phenols is 1. The lowest BCUT2D eigenvalue weighted by atomic mass is 9.97. The number of carbonyl (C=O) groups is 10. The van der Waals surface area contributed by atoms with Crippen LogP contribution in [-0.2, 0) is 67.2 Å². The van der Waals surface area contributed by atoms with Crippen LogP contribution in [0.5, 0.6) is 5.75 Å². The van der Waals surface area contributed by atoms with Gasteiger partial charge in [0.1, 0.15) is 54.1 Å². The van der Waals surface area contributed by atoms with Crippen molar-refractivity contribution in [2.45, 2.75) is 115 Å². The molecule has 0 saturated heterocycles. The summed E-state index contributed by atoms with van der Waals surface area (Å²) in [6.07, 6.45) is 1.58. The number of hydrogen-bond acceptors (Lipinski definition) is 15. The van der Waals surface area contributed by atoms with E-state index >= 15 is 0 Å². The number of carboxylic acids is 2. The molecule has 3 rings (SSSR count). The van der Waals surface area contributed by atoms with E-state index in [1.807, 2.05) is 0 Å². The molecule has 404 valence electrons. The minimum atomic E-state index is -1.90. The second kappa shape index (κ2) is 30.2. The summed E-state index contributed by atoms with van der Waals surface area (Å²) in [7, 11) is 0. The first-order valence-corrected chi connectivity index (χ1v) is 23.7. The van der Waals surface area contributed by atoms with Crippen LogP contribution in [0, 0.1) is 11.8 Å². The quantitative estimate of drug-likeness (QED) is 0.0299. The van der Waals surface area contributed by atoms with E-state index in [9.17, 15) is 73.5 Å². The van der Waals surface area contributed by atoms with E-state index in [1.54, 1.807) is 58.0 Å². The number of carboxylic acid groups (broad SMARTS) is 2. The van der Waals surface area contributed by atoms with Crippen molar-refractivity contribution in [1.82, 2.24) is 52.5 Å². The molecule has 8 amide bonds. The highest BCUT2D eigenvalue weighted by molar-refractivity contribution is 5.98. The molecule has 0 bridgehead atoms. The van der Waals surface area contributed by atoms with Crippen LogP contribution in [0.3, 0.4) is 0 Å². The third kappa shape index (κ3) is 20.3. The summed E-state index contributed by atoms with van der Waals surface area (Å²) in [6, 6.07) is 2.16. The van der Waals surface area contributed by atoms with E-state index in [2.05, 4.69) is 52.5 Å². The number of nitrogens with two attached hydrogens (primary N) is 1. The minimum absolute atomic E-state index is 0.0652. The third-order valence-electron chi connectivity index (χ3n) is 11.5. The Morgan fingerprint density at radius 3 is 1.69 bits per heavy atom. The first-order chi connectivity index (χ1) is 35.0. The summed E-state index contributed by atoms with van der Waals surface area (Å²) in [6.45, 7) is 4.08. The van der Waals surface area contributed by atoms with Crippen LogP contribution >= 0.6 is 0 Å². The Balaban J connectivity index is 1.71. The maximum absolute atomic E-state index is 13.8. The van der Waals surface area contributed by atoms with Gasteiger partial charge in [-0.1, -0.05) is 76.6 Å². The molecular weight excluding hydrogens is 971 g/mol. The number of aromatic amines is 1. The number of phenolic OH excluding ortho intramolecular Hbond substituents is 1. The number of nitrogens with one attached hydrogen (secondary N) is 9. The van der Waals surface area contributed by atoms with E-state index in [0.29, 0.717) is 23.2 Å². The van der Waals surface area contributed by atoms with Crippen molar-refractivity contribution in [1.29, 1.82) is 0 Å². The molecule has 0 fully saturated rings. The summed E-state index contributed by atoms with van der Waals surface area (Å²) in [5.74, 6) is -11.7. The summed E-state index contributed by atoms with van der Waals surface area (Å²) in [5.41, 5.74) is 7.15. The number of nitrogens with zero attached hydrogens (tertiary/aromatic N) is 1. The Hall–Kier alpha value is -7.97. The number of aliphatic carboxylic acids is 2. The lowest BCUT2D eigenvalue weighted by Gasteiger charge is -2.27. The van der Waals surface area contributed by atoms with Gasteiger partial charge in [0, 0.05) is 31.2 Å². The normalized spacial score (nSPS) is 14.7. The second-order valence-electron chi connectivity index (χ2n) is 17.9. The van der Waals surface area contributed by atoms with Crippen molar-refractivity contribution < 1.29 is 73.5 Å². The molecule has 26 nitrogen and oxygen atoms in total. The van der Waals surface area contributed by atoms with Gasteiger partial charge in [-0.3, -0.25) is 43.2 Å². The van der Waals surface area contributed by atoms with Crippen LogP contribution in [0.15, 0.2) is 67.1 Å². The average Bonchev–Trinajstić information content (AvgIpc) is 3.88. The monoisotopic (exact) mass is 1040 g/mol. The average molecular weight is 1040 g/mol. The Kier molecular flexibility index (Phi) is 24.6. The lowest BCUT2D eigenvalue weighted by molar-refractivity contribution is -0.142. The highest BCUT2D eigenvalue weighted by Crippen LogP contribution is 2.14. The number of hydrogen-bond donors (Lipinski definition) is 15. The molecule has 0 aliphatic rings. The fourth-order valence-corrected chi connectivity index (χ4v) is 7.16. The number of aromatic nitrogens is 2. The molecule has 0 spiro atoms. The molecule has 0 radical (unpaired) electrons. The second-order valence-corrected chi connectivity index (χ2v) is 17.9. The Morgan fingerprint density at radius 1 is 0.608 bits per heavy atom. The van der Waals surface area contributed by atoms with Crippen LogP contribution < -0.4 is 48.3 Å². The third-order valence-corrected chi connectivity index (χ3v) is 11.5. The standard InChI is InChI=1S/C48H67N11O15/c1-5-26(4)40(47(72)56-34(18-29-20-50-24-52-29)45(70)57-36(48(73)74)17-27-9-7-6-8-10-27)59-38(63)21-51-42(67)37(23-61)58-46(71)35(19-39(64)65)55-43(68)32(15-25(2)3)54-44(69)33(53-41(66)31(49)22-60)16-28-11-13-30(62)14-12-28/h6-14,20,24-26,31-37,40,60-62H,5,15-19,21-23,49H2,1-4H3,(H,50,52)(H,51,67)(H,53,66)(H,54,69)(H,55,68)(H,56,72)(H,57,70)(H,58,71)(H,59,63)(H,64,65)(H,73,74)/t26-,31-,32-,33-,34-,35-,36-,37-,40-/m0/s1. The SMILES string of the molecule is CC[C@H](C)[C@H](NC(=O)CNC(=O)[C@H](CO)NC(=O)[C@H](CC(=O)O)NC(=O)[C@H](CC(C)C)NC(=O)[C@H](Cc1ccc(O)cc1)NC(=O)[C@@H](N)CO)C(=O)N[C@@H](Cc1cnc[nH]1)C(=O)N[C@@H](Cc1ccccc1)C(=O)O. The van der Waals surface area contributed by atoms with Crippen molar-refractivity contribution in [3.63, 3.8) is 0 Å². The van der Waals surface area contributed by atoms with Gasteiger partial charge in [-0.05, 0) is 41.5 Å². The fraction of sp³-hybridized carbons (Fsp3) is 0.479. The molecule has 1 aromatic heterocycles. The summed E-state index contributed by atoms with van der Waals surface area (Å²) in [4.78, 5) is 139. The lowest BCUT2D eigenvalue weighted by Crippen LogP contribution is -2.60. The molecule has 9 atom stereocenters. The number of rotatable bonds is 31. The van der Waals surface area contributed by atoms with Gasteiger partial charge in [-0.2, -0.15) is 0 Å². The highest BCUT2D eigenvalue weighted by Gasteiger charge is 2.35. The molecule has 26 heteroatoms. The molecule has 16 N–H and O–H groups in total. The predicted molar refractivity (Wildman–Crippen MR) is 262 cm³/mol. The summed E-state index contributed by atoms with van der Waals surface area (Å²) >= 11 is 0. The number of imidazole rings is 1. The van der Waals surface area contributed by atoms with Crippen molar-refractivity contribution in [2.24, 2.45) is 17.6 Å². The van der Waals surface area contributed by atoms with Crippen LogP contribution in [0.1, 0.15) is 63.8 Å². The number of H-pyrrole nitrogens is 1. The van der Waals surface area contributed by atoms with Gasteiger partial charge < -0.3 is 78.8 Å². The molecule has 3 aromatic rings. The molecule has 1 heterocycles. The number of aliphatic hydroxyl groups is 2. The smallest absolute Gasteiger partial charge is 0.326 e. The maximum Gasteiger partial charge on any atom is 0.326 e. The van der Waals surface area contributed by atoms with Gasteiger partial charge in [0.2, 0.25) is 47.3 Å². The van der Waals surface area contributed by atoms with Crippen molar-refractivity contribution in [2.75, 3.05) is 19.8 Å². The molecular formula is C48H67N11O15. The van der Waals surface area contributed by atoms with E-state index in [1.165, 1.54) is 36.8 Å². The highest BCUT2D eigenvalue weighted by atomic mass is 16.4. The fourth-order valence-electron chi connectivity index (χ4n) is 7.16. The molecule has 74 heavy (non-hydrogen) atoms. The molecule has 0 aliphatic heterocycles. The first kappa shape index (κ1) is 60.3. The largest absolute Gasteiger partial charge is 0.508 e. The van der Waals surface area contributed by atoms with Crippen molar-refractivity contribution >= 4 is 59.2 Å². The Labute approximate surface area is 425 Å². The van der Waals surface area contributed by atoms with E-state index in [4.69, 9.17) is 5.73 Å². The van der Waals surface area contributed by atoms with E-state index in [0.717, 1.165) is 0 Å². The molecule has 0 aliphatic carbocycles. The molecule has 2 aromatic carbocycles. The number of carbonyl (C=O) groups excluding carboxylic acids is 8. The Morgan fingerprint density at radius 2 is 1.14 bits per heavy atom. The van der Waals surface area contributed by atoms with Gasteiger partial charge in [-0.15, -0.1) is 0 Å². The number of aromatic hydroxyl groups is 1. The van der Waals surface area contributed by atoms with Crippen LogP contribution in [0.2, 0.25) is 0 Å². The molecule has 0 unspecified atom stereocenters. The zero-order valence-electron chi connectivity index (χ0n) is 41.3.